The van der Waals surface area contributed by atoms with Crippen LogP contribution in [0.15, 0.2) is 30.3 Å². The minimum Gasteiger partial charge on any atom is -0.391 e. The van der Waals surface area contributed by atoms with E-state index in [2.05, 4.69) is 29.4 Å². The summed E-state index contributed by atoms with van der Waals surface area (Å²) >= 11 is 0. The van der Waals surface area contributed by atoms with E-state index in [1.54, 1.807) is 11.8 Å². The van der Waals surface area contributed by atoms with Gasteiger partial charge < -0.3 is 15.3 Å². The average Bonchev–Trinajstić information content (AvgIpc) is 3.36. The molecular formula is C20H29N3O3. The van der Waals surface area contributed by atoms with Gasteiger partial charge in [-0.2, -0.15) is 0 Å². The zero-order chi connectivity index (χ0) is 18.7. The van der Waals surface area contributed by atoms with Gasteiger partial charge in [-0.05, 0) is 38.8 Å². The van der Waals surface area contributed by atoms with Crippen molar-refractivity contribution in [3.8, 4) is 0 Å². The van der Waals surface area contributed by atoms with E-state index in [0.29, 0.717) is 13.1 Å². The molecule has 0 radical (unpaired) electrons. The number of benzene rings is 1. The van der Waals surface area contributed by atoms with Crippen LogP contribution in [0.5, 0.6) is 0 Å². The lowest BCUT2D eigenvalue weighted by atomic mass is 10.1. The molecular weight excluding hydrogens is 330 g/mol. The molecule has 1 saturated heterocycles. The molecule has 0 bridgehead atoms. The predicted octanol–water partition coefficient (Wildman–Crippen LogP) is 0.995. The lowest BCUT2D eigenvalue weighted by Gasteiger charge is -2.28. The highest BCUT2D eigenvalue weighted by molar-refractivity contribution is 5.90. The molecule has 2 N–H and O–H groups in total. The number of likely N-dealkylation sites (N-methyl/N-ethyl adjacent to an activating group) is 1. The number of hydrogen-bond donors (Lipinski definition) is 2. The van der Waals surface area contributed by atoms with Crippen molar-refractivity contribution in [3.05, 3.63) is 35.9 Å². The van der Waals surface area contributed by atoms with Crippen molar-refractivity contribution in [2.24, 2.45) is 5.92 Å². The second kappa shape index (κ2) is 8.18. The van der Waals surface area contributed by atoms with Gasteiger partial charge in [0.15, 0.2) is 0 Å². The number of carbonyl (C=O) groups excluding carboxylic acids is 2. The zero-order valence-electron chi connectivity index (χ0n) is 15.6. The van der Waals surface area contributed by atoms with E-state index in [0.717, 1.165) is 25.8 Å². The first-order valence-electron chi connectivity index (χ1n) is 9.47. The summed E-state index contributed by atoms with van der Waals surface area (Å²) in [4.78, 5) is 28.9. The van der Waals surface area contributed by atoms with Gasteiger partial charge in [0, 0.05) is 31.6 Å². The molecule has 1 saturated carbocycles. The maximum atomic E-state index is 12.8. The molecule has 26 heavy (non-hydrogen) atoms. The molecule has 0 aromatic heterocycles. The van der Waals surface area contributed by atoms with Crippen molar-refractivity contribution >= 4 is 11.8 Å². The van der Waals surface area contributed by atoms with Crippen LogP contribution in [0.2, 0.25) is 0 Å². The molecule has 2 aliphatic rings. The summed E-state index contributed by atoms with van der Waals surface area (Å²) in [6.07, 6.45) is 1.76. The van der Waals surface area contributed by atoms with Crippen molar-refractivity contribution in [2.45, 2.75) is 50.9 Å². The number of aliphatic hydroxyl groups excluding tert-OH is 1. The fraction of sp³-hybridized carbons (Fsp3) is 0.600. The number of rotatable bonds is 7. The monoisotopic (exact) mass is 359 g/mol. The maximum absolute atomic E-state index is 12.8. The second-order valence-electron chi connectivity index (χ2n) is 7.63. The minimum atomic E-state index is -0.897. The van der Waals surface area contributed by atoms with Gasteiger partial charge in [-0.1, -0.05) is 30.3 Å². The van der Waals surface area contributed by atoms with E-state index in [-0.39, 0.29) is 23.8 Å². The highest BCUT2D eigenvalue weighted by Gasteiger charge is 2.38. The van der Waals surface area contributed by atoms with E-state index in [9.17, 15) is 14.7 Å². The molecule has 6 nitrogen and oxygen atoms in total. The molecule has 1 aromatic carbocycles. The van der Waals surface area contributed by atoms with Crippen LogP contribution in [-0.2, 0) is 16.1 Å². The Kier molecular flexibility index (Phi) is 5.94. The van der Waals surface area contributed by atoms with Gasteiger partial charge in [0.1, 0.15) is 6.04 Å². The zero-order valence-corrected chi connectivity index (χ0v) is 15.6. The van der Waals surface area contributed by atoms with Gasteiger partial charge in [-0.15, -0.1) is 0 Å². The number of carbonyl (C=O) groups is 2. The van der Waals surface area contributed by atoms with Gasteiger partial charge in [0.2, 0.25) is 11.8 Å². The fourth-order valence-corrected chi connectivity index (χ4v) is 3.50. The predicted molar refractivity (Wildman–Crippen MR) is 99.2 cm³/mol. The van der Waals surface area contributed by atoms with Crippen molar-refractivity contribution in [1.29, 1.82) is 0 Å². The Hall–Kier alpha value is -1.92. The van der Waals surface area contributed by atoms with Crippen LogP contribution < -0.4 is 5.32 Å². The molecule has 6 heteroatoms. The Morgan fingerprint density at radius 3 is 2.58 bits per heavy atom. The van der Waals surface area contributed by atoms with Crippen molar-refractivity contribution in [1.82, 2.24) is 15.1 Å². The summed E-state index contributed by atoms with van der Waals surface area (Å²) < 4.78 is 0. The Bertz CT molecular complexity index is 630. The van der Waals surface area contributed by atoms with Crippen LogP contribution in [0.1, 0.15) is 31.7 Å². The summed E-state index contributed by atoms with van der Waals surface area (Å²) in [6.45, 7) is 3.69. The van der Waals surface area contributed by atoms with E-state index >= 15 is 0 Å². The molecule has 3 rings (SSSR count). The van der Waals surface area contributed by atoms with E-state index < -0.39 is 12.1 Å². The summed E-state index contributed by atoms with van der Waals surface area (Å²) in [5.41, 5.74) is 1.25. The lowest BCUT2D eigenvalue weighted by molar-refractivity contribution is -0.138. The molecule has 142 valence electrons. The summed E-state index contributed by atoms with van der Waals surface area (Å²) in [7, 11) is 2.08. The maximum Gasteiger partial charge on any atom is 0.247 e. The van der Waals surface area contributed by atoms with Crippen LogP contribution in [0.4, 0.5) is 0 Å². The van der Waals surface area contributed by atoms with Crippen LogP contribution in [-0.4, -0.2) is 65.0 Å². The molecule has 1 aliphatic carbocycles. The third-order valence-corrected chi connectivity index (χ3v) is 5.37. The summed E-state index contributed by atoms with van der Waals surface area (Å²) in [6, 6.07) is 9.71. The second-order valence-corrected chi connectivity index (χ2v) is 7.63. The molecule has 2 amide bonds. The molecule has 3 unspecified atom stereocenters. The molecule has 0 spiro atoms. The largest absolute Gasteiger partial charge is 0.391 e. The van der Waals surface area contributed by atoms with Crippen molar-refractivity contribution in [3.63, 3.8) is 0 Å². The van der Waals surface area contributed by atoms with Gasteiger partial charge in [0.25, 0.3) is 0 Å². The highest BCUT2D eigenvalue weighted by atomic mass is 16.3. The third-order valence-electron chi connectivity index (χ3n) is 5.37. The number of likely N-dealkylation sites (tertiary alicyclic amines) is 1. The Balaban J connectivity index is 1.55. The van der Waals surface area contributed by atoms with Gasteiger partial charge in [-0.25, -0.2) is 0 Å². The normalized spacial score (nSPS) is 22.3. The Morgan fingerprint density at radius 1 is 1.27 bits per heavy atom. The van der Waals surface area contributed by atoms with Gasteiger partial charge in [0.05, 0.1) is 6.10 Å². The molecule has 1 aliphatic heterocycles. The topological polar surface area (TPSA) is 72.9 Å². The number of aliphatic hydroxyl groups is 1. The first-order valence-corrected chi connectivity index (χ1v) is 9.47. The Morgan fingerprint density at radius 2 is 1.96 bits per heavy atom. The average molecular weight is 359 g/mol. The van der Waals surface area contributed by atoms with Crippen molar-refractivity contribution < 1.29 is 14.7 Å². The fourth-order valence-electron chi connectivity index (χ4n) is 3.50. The molecule has 2 fully saturated rings. The minimum absolute atomic E-state index is 0.0207. The smallest absolute Gasteiger partial charge is 0.247 e. The van der Waals surface area contributed by atoms with E-state index in [1.807, 2.05) is 18.2 Å². The SMILES string of the molecule is CC(O)C(NC(=O)C1CC1)C(=O)N1CCC(N(C)Cc2ccccc2)C1. The van der Waals surface area contributed by atoms with Crippen LogP contribution >= 0.6 is 0 Å². The third kappa shape index (κ3) is 4.62. The highest BCUT2D eigenvalue weighted by Crippen LogP contribution is 2.29. The van der Waals surface area contributed by atoms with Crippen molar-refractivity contribution in [2.75, 3.05) is 20.1 Å². The lowest BCUT2D eigenvalue weighted by Crippen LogP contribution is -2.54. The number of hydrogen-bond acceptors (Lipinski definition) is 4. The van der Waals surface area contributed by atoms with E-state index in [4.69, 9.17) is 0 Å². The number of nitrogens with zero attached hydrogens (tertiary/aromatic N) is 2. The van der Waals surface area contributed by atoms with Gasteiger partial charge in [-0.3, -0.25) is 14.5 Å². The van der Waals surface area contributed by atoms with Crippen LogP contribution in [0, 0.1) is 5.92 Å². The summed E-state index contributed by atoms with van der Waals surface area (Å²) in [5.74, 6) is -0.266. The number of amides is 2. The first kappa shape index (κ1) is 18.9. The molecule has 1 heterocycles. The molecule has 3 atom stereocenters. The Labute approximate surface area is 155 Å². The van der Waals surface area contributed by atoms with E-state index in [1.165, 1.54) is 5.56 Å². The molecule has 1 aromatic rings. The standard InChI is InChI=1S/C20H29N3O3/c1-14(24)18(21-19(25)16-8-9-16)20(26)23-11-10-17(13-23)22(2)12-15-6-4-3-5-7-15/h3-7,14,16-18,24H,8-13H2,1-2H3,(H,21,25). The van der Waals surface area contributed by atoms with Crippen LogP contribution in [0.25, 0.3) is 0 Å². The number of nitrogens with one attached hydrogen (secondary N) is 1. The quantitative estimate of drug-likeness (QED) is 0.762. The first-order chi connectivity index (χ1) is 12.5. The van der Waals surface area contributed by atoms with Gasteiger partial charge >= 0.3 is 0 Å². The van der Waals surface area contributed by atoms with Crippen LogP contribution in [0.3, 0.4) is 0 Å². The summed E-state index contributed by atoms with van der Waals surface area (Å²) in [5, 5.41) is 12.7.